The first-order valence-corrected chi connectivity index (χ1v) is 11.5. The lowest BCUT2D eigenvalue weighted by Gasteiger charge is -2.29. The second kappa shape index (κ2) is 11.4. The molecule has 34 heavy (non-hydrogen) atoms. The molecule has 1 aliphatic rings. The Morgan fingerprint density at radius 2 is 1.65 bits per heavy atom. The van der Waals surface area contributed by atoms with Crippen molar-refractivity contribution >= 4 is 23.6 Å². The molecule has 0 bridgehead atoms. The topological polar surface area (TPSA) is 96.0 Å². The molecular formula is C26H31N3O5. The van der Waals surface area contributed by atoms with E-state index < -0.39 is 6.04 Å². The molecule has 2 aromatic carbocycles. The Labute approximate surface area is 199 Å². The summed E-state index contributed by atoms with van der Waals surface area (Å²) in [5.41, 5.74) is 1.65. The van der Waals surface area contributed by atoms with E-state index in [4.69, 9.17) is 4.74 Å². The summed E-state index contributed by atoms with van der Waals surface area (Å²) in [4.78, 5) is 53.6. The van der Waals surface area contributed by atoms with Gasteiger partial charge in [0.25, 0.3) is 11.8 Å². The van der Waals surface area contributed by atoms with Gasteiger partial charge in [-0.3, -0.25) is 24.1 Å². The van der Waals surface area contributed by atoms with Crippen LogP contribution in [0.3, 0.4) is 0 Å². The molecule has 180 valence electrons. The largest absolute Gasteiger partial charge is 0.497 e. The SMILES string of the molecule is CCCNC(=O)C(C)N(Cc1ccc(OC)cc1)C(=O)CCCN1C(=O)c2ccccc2C1=O. The fourth-order valence-corrected chi connectivity index (χ4v) is 3.88. The van der Waals surface area contributed by atoms with Gasteiger partial charge in [0, 0.05) is 26.1 Å². The fourth-order valence-electron chi connectivity index (χ4n) is 3.88. The van der Waals surface area contributed by atoms with Gasteiger partial charge in [-0.15, -0.1) is 0 Å². The Kier molecular flexibility index (Phi) is 8.40. The summed E-state index contributed by atoms with van der Waals surface area (Å²) in [5, 5.41) is 2.84. The second-order valence-corrected chi connectivity index (χ2v) is 8.25. The molecule has 1 aliphatic heterocycles. The Balaban J connectivity index is 1.66. The lowest BCUT2D eigenvalue weighted by atomic mass is 10.1. The predicted molar refractivity (Wildman–Crippen MR) is 127 cm³/mol. The standard InChI is InChI=1S/C26H31N3O5/c1-4-15-27-24(31)18(2)29(17-19-11-13-20(34-3)14-12-19)23(30)10-7-16-28-25(32)21-8-5-6-9-22(21)26(28)33/h5-6,8-9,11-14,18H,4,7,10,15-17H2,1-3H3,(H,27,31). The number of benzene rings is 2. The van der Waals surface area contributed by atoms with Crippen molar-refractivity contribution in [3.63, 3.8) is 0 Å². The summed E-state index contributed by atoms with van der Waals surface area (Å²) < 4.78 is 5.19. The highest BCUT2D eigenvalue weighted by atomic mass is 16.5. The second-order valence-electron chi connectivity index (χ2n) is 8.25. The van der Waals surface area contributed by atoms with Crippen LogP contribution in [0.4, 0.5) is 0 Å². The maximum absolute atomic E-state index is 13.2. The third-order valence-electron chi connectivity index (χ3n) is 5.88. The summed E-state index contributed by atoms with van der Waals surface area (Å²) in [6.45, 7) is 4.61. The average molecular weight is 466 g/mol. The van der Waals surface area contributed by atoms with Crippen LogP contribution in [0.15, 0.2) is 48.5 Å². The molecule has 1 unspecified atom stereocenters. The van der Waals surface area contributed by atoms with E-state index in [1.165, 1.54) is 9.80 Å². The fraction of sp³-hybridized carbons (Fsp3) is 0.385. The molecule has 8 heteroatoms. The maximum atomic E-state index is 13.2. The maximum Gasteiger partial charge on any atom is 0.261 e. The number of rotatable bonds is 11. The molecule has 0 fully saturated rings. The van der Waals surface area contributed by atoms with Crippen molar-refractivity contribution in [2.75, 3.05) is 20.2 Å². The first-order valence-electron chi connectivity index (χ1n) is 11.5. The Bertz CT molecular complexity index is 1020. The van der Waals surface area contributed by atoms with Gasteiger partial charge in [-0.1, -0.05) is 31.2 Å². The summed E-state index contributed by atoms with van der Waals surface area (Å²) in [6.07, 6.45) is 1.22. The highest BCUT2D eigenvalue weighted by molar-refractivity contribution is 6.21. The van der Waals surface area contributed by atoms with E-state index in [1.54, 1.807) is 38.3 Å². The van der Waals surface area contributed by atoms with Crippen molar-refractivity contribution in [2.24, 2.45) is 0 Å². The summed E-state index contributed by atoms with van der Waals surface area (Å²) in [5.74, 6) is -0.405. The van der Waals surface area contributed by atoms with Gasteiger partial charge in [0.2, 0.25) is 11.8 Å². The zero-order valence-electron chi connectivity index (χ0n) is 19.9. The summed E-state index contributed by atoms with van der Waals surface area (Å²) >= 11 is 0. The lowest BCUT2D eigenvalue weighted by molar-refractivity contribution is -0.140. The molecule has 3 rings (SSSR count). The first kappa shape index (κ1) is 25.0. The van der Waals surface area contributed by atoms with Gasteiger partial charge in [0.1, 0.15) is 11.8 Å². The van der Waals surface area contributed by atoms with Crippen molar-refractivity contribution < 1.29 is 23.9 Å². The molecule has 0 aliphatic carbocycles. The third-order valence-corrected chi connectivity index (χ3v) is 5.88. The number of ether oxygens (including phenoxy) is 1. The number of nitrogens with zero attached hydrogens (tertiary/aromatic N) is 2. The van der Waals surface area contributed by atoms with E-state index in [-0.39, 0.29) is 43.1 Å². The van der Waals surface area contributed by atoms with E-state index in [0.717, 1.165) is 12.0 Å². The van der Waals surface area contributed by atoms with Crippen LogP contribution < -0.4 is 10.1 Å². The number of carbonyl (C=O) groups is 4. The Morgan fingerprint density at radius 1 is 1.03 bits per heavy atom. The minimum absolute atomic E-state index is 0.106. The Hall–Kier alpha value is -3.68. The van der Waals surface area contributed by atoms with Crippen LogP contribution in [0.2, 0.25) is 0 Å². The molecule has 0 spiro atoms. The minimum Gasteiger partial charge on any atom is -0.497 e. The van der Waals surface area contributed by atoms with E-state index in [0.29, 0.717) is 29.8 Å². The van der Waals surface area contributed by atoms with Gasteiger partial charge in [-0.2, -0.15) is 0 Å². The molecule has 0 saturated heterocycles. The molecular weight excluding hydrogens is 434 g/mol. The summed E-state index contributed by atoms with van der Waals surface area (Å²) in [7, 11) is 1.58. The number of fused-ring (bicyclic) bond motifs is 1. The number of imide groups is 1. The van der Waals surface area contributed by atoms with Crippen LogP contribution in [0.5, 0.6) is 5.75 Å². The summed E-state index contributed by atoms with van der Waals surface area (Å²) in [6, 6.07) is 13.4. The van der Waals surface area contributed by atoms with Crippen LogP contribution in [0.1, 0.15) is 59.4 Å². The van der Waals surface area contributed by atoms with Gasteiger partial charge in [0.05, 0.1) is 18.2 Å². The van der Waals surface area contributed by atoms with Crippen LogP contribution >= 0.6 is 0 Å². The number of hydrogen-bond acceptors (Lipinski definition) is 5. The quantitative estimate of drug-likeness (QED) is 0.515. The van der Waals surface area contributed by atoms with E-state index >= 15 is 0 Å². The van der Waals surface area contributed by atoms with Crippen molar-refractivity contribution in [3.8, 4) is 5.75 Å². The van der Waals surface area contributed by atoms with E-state index in [2.05, 4.69) is 5.32 Å². The van der Waals surface area contributed by atoms with Crippen molar-refractivity contribution in [1.29, 1.82) is 0 Å². The number of methoxy groups -OCH3 is 1. The number of nitrogens with one attached hydrogen (secondary N) is 1. The van der Waals surface area contributed by atoms with Gasteiger partial charge < -0.3 is 15.0 Å². The molecule has 0 saturated carbocycles. The third kappa shape index (κ3) is 5.62. The smallest absolute Gasteiger partial charge is 0.261 e. The molecule has 1 heterocycles. The molecule has 1 atom stereocenters. The average Bonchev–Trinajstić information content (AvgIpc) is 3.10. The molecule has 2 aromatic rings. The monoisotopic (exact) mass is 465 g/mol. The Morgan fingerprint density at radius 3 is 2.21 bits per heavy atom. The van der Waals surface area contributed by atoms with Crippen LogP contribution in [-0.2, 0) is 16.1 Å². The van der Waals surface area contributed by atoms with Crippen molar-refractivity contribution in [2.45, 2.75) is 45.7 Å². The highest BCUT2D eigenvalue weighted by Gasteiger charge is 2.35. The number of amides is 4. The normalized spacial score (nSPS) is 13.4. The zero-order valence-corrected chi connectivity index (χ0v) is 19.9. The van der Waals surface area contributed by atoms with E-state index in [1.807, 2.05) is 31.2 Å². The molecule has 4 amide bonds. The van der Waals surface area contributed by atoms with E-state index in [9.17, 15) is 19.2 Å². The van der Waals surface area contributed by atoms with Crippen molar-refractivity contribution in [1.82, 2.24) is 15.1 Å². The molecule has 0 radical (unpaired) electrons. The zero-order chi connectivity index (χ0) is 24.7. The predicted octanol–water partition coefficient (Wildman–Crippen LogP) is 3.01. The van der Waals surface area contributed by atoms with Gasteiger partial charge >= 0.3 is 0 Å². The molecule has 1 N–H and O–H groups in total. The van der Waals surface area contributed by atoms with Crippen LogP contribution in [0.25, 0.3) is 0 Å². The van der Waals surface area contributed by atoms with Gasteiger partial charge in [0.15, 0.2) is 0 Å². The molecule has 8 nitrogen and oxygen atoms in total. The number of carbonyl (C=O) groups excluding carboxylic acids is 4. The molecule has 0 aromatic heterocycles. The lowest BCUT2D eigenvalue weighted by Crippen LogP contribution is -2.47. The minimum atomic E-state index is -0.666. The van der Waals surface area contributed by atoms with Gasteiger partial charge in [-0.25, -0.2) is 0 Å². The number of hydrogen-bond donors (Lipinski definition) is 1. The highest BCUT2D eigenvalue weighted by Crippen LogP contribution is 2.23. The van der Waals surface area contributed by atoms with Crippen LogP contribution in [-0.4, -0.2) is 59.7 Å². The van der Waals surface area contributed by atoms with Crippen LogP contribution in [0, 0.1) is 0 Å². The van der Waals surface area contributed by atoms with Gasteiger partial charge in [-0.05, 0) is 49.6 Å². The first-order chi connectivity index (χ1) is 16.4. The van der Waals surface area contributed by atoms with Crippen molar-refractivity contribution in [3.05, 3.63) is 65.2 Å².